The van der Waals surface area contributed by atoms with Crippen molar-refractivity contribution in [2.24, 2.45) is 0 Å². The molecule has 24 heavy (non-hydrogen) atoms. The van der Waals surface area contributed by atoms with Gasteiger partial charge < -0.3 is 8.94 Å². The molecule has 3 aromatic rings. The summed E-state index contributed by atoms with van der Waals surface area (Å²) in [5, 5.41) is 4.72. The molecule has 5 heteroatoms. The number of hydrogen-bond donors (Lipinski definition) is 0. The van der Waals surface area contributed by atoms with E-state index in [-0.39, 0.29) is 6.04 Å². The van der Waals surface area contributed by atoms with Crippen LogP contribution in [-0.4, -0.2) is 16.6 Å². The third-order valence-electron chi connectivity index (χ3n) is 4.50. The number of rotatable bonds is 4. The normalized spacial score (nSPS) is 18.3. The molecule has 0 unspecified atom stereocenters. The minimum absolute atomic E-state index is 0.278. The first-order chi connectivity index (χ1) is 11.7. The molecule has 1 aliphatic heterocycles. The van der Waals surface area contributed by atoms with Crippen molar-refractivity contribution in [3.05, 3.63) is 64.7 Å². The lowest BCUT2D eigenvalue weighted by molar-refractivity contribution is 0.194. The molecule has 1 atom stereocenters. The fourth-order valence-electron chi connectivity index (χ4n) is 3.35. The van der Waals surface area contributed by atoms with Gasteiger partial charge in [0.05, 0.1) is 23.3 Å². The topological polar surface area (TPSA) is 42.4 Å². The van der Waals surface area contributed by atoms with Crippen molar-refractivity contribution >= 4 is 11.6 Å². The van der Waals surface area contributed by atoms with Gasteiger partial charge in [0.2, 0.25) is 0 Å². The maximum atomic E-state index is 6.25. The minimum atomic E-state index is 0.278. The molecule has 2 aromatic heterocycles. The molecule has 0 N–H and O–H groups in total. The lowest BCUT2D eigenvalue weighted by Crippen LogP contribution is -2.22. The van der Waals surface area contributed by atoms with E-state index in [0.717, 1.165) is 54.5 Å². The lowest BCUT2D eigenvalue weighted by Gasteiger charge is -2.20. The summed E-state index contributed by atoms with van der Waals surface area (Å²) in [7, 11) is 0. The summed E-state index contributed by atoms with van der Waals surface area (Å²) < 4.78 is 11.5. The van der Waals surface area contributed by atoms with Crippen LogP contribution in [-0.2, 0) is 6.54 Å². The average Bonchev–Trinajstić information content (AvgIpc) is 3.29. The molecule has 1 saturated heterocycles. The highest BCUT2D eigenvalue weighted by Crippen LogP contribution is 2.35. The predicted molar refractivity (Wildman–Crippen MR) is 92.8 cm³/mol. The van der Waals surface area contributed by atoms with E-state index in [2.05, 4.69) is 10.1 Å². The summed E-state index contributed by atoms with van der Waals surface area (Å²) in [5.74, 6) is 2.69. The second kappa shape index (κ2) is 6.46. The van der Waals surface area contributed by atoms with E-state index in [1.807, 2.05) is 49.4 Å². The first-order valence-corrected chi connectivity index (χ1v) is 8.59. The third kappa shape index (κ3) is 2.99. The van der Waals surface area contributed by atoms with Crippen molar-refractivity contribution in [3.63, 3.8) is 0 Å². The Balaban J connectivity index is 1.52. The van der Waals surface area contributed by atoms with Gasteiger partial charge in [0.25, 0.3) is 0 Å². The number of furan rings is 1. The monoisotopic (exact) mass is 342 g/mol. The standard InChI is InChI=1S/C19H19ClN2O2/c1-13-11-19(24-21-13)17-7-4-10-22(17)12-14-8-9-18(23-14)15-5-2-3-6-16(15)20/h2-3,5-6,8-9,11,17H,4,7,10,12H2,1H3/t17-/m0/s1. The maximum Gasteiger partial charge on any atom is 0.154 e. The van der Waals surface area contributed by atoms with Crippen LogP contribution in [0.3, 0.4) is 0 Å². The highest BCUT2D eigenvalue weighted by Gasteiger charge is 2.29. The van der Waals surface area contributed by atoms with E-state index in [4.69, 9.17) is 20.5 Å². The average molecular weight is 343 g/mol. The molecular formula is C19H19ClN2O2. The van der Waals surface area contributed by atoms with Gasteiger partial charge in [-0.2, -0.15) is 0 Å². The van der Waals surface area contributed by atoms with Gasteiger partial charge in [0, 0.05) is 11.6 Å². The molecule has 1 aromatic carbocycles. The largest absolute Gasteiger partial charge is 0.460 e. The molecule has 0 saturated carbocycles. The molecule has 1 fully saturated rings. The van der Waals surface area contributed by atoms with E-state index >= 15 is 0 Å². The third-order valence-corrected chi connectivity index (χ3v) is 4.83. The summed E-state index contributed by atoms with van der Waals surface area (Å²) in [6, 6.07) is 14.1. The second-order valence-corrected chi connectivity index (χ2v) is 6.65. The summed E-state index contributed by atoms with van der Waals surface area (Å²) in [4.78, 5) is 2.38. The van der Waals surface area contributed by atoms with Gasteiger partial charge in [0.15, 0.2) is 5.76 Å². The number of benzene rings is 1. The Morgan fingerprint density at radius 3 is 2.92 bits per heavy atom. The molecule has 0 amide bonds. The second-order valence-electron chi connectivity index (χ2n) is 6.24. The number of aryl methyl sites for hydroxylation is 1. The van der Waals surface area contributed by atoms with Crippen LogP contribution in [0.1, 0.15) is 36.1 Å². The number of hydrogen-bond acceptors (Lipinski definition) is 4. The Morgan fingerprint density at radius 1 is 1.25 bits per heavy atom. The van der Waals surface area contributed by atoms with Crippen LogP contribution < -0.4 is 0 Å². The van der Waals surface area contributed by atoms with Crippen LogP contribution in [0, 0.1) is 6.92 Å². The van der Waals surface area contributed by atoms with Gasteiger partial charge in [-0.25, -0.2) is 0 Å². The van der Waals surface area contributed by atoms with Crippen molar-refractivity contribution in [1.29, 1.82) is 0 Å². The highest BCUT2D eigenvalue weighted by atomic mass is 35.5. The van der Waals surface area contributed by atoms with Crippen molar-refractivity contribution in [3.8, 4) is 11.3 Å². The van der Waals surface area contributed by atoms with Crippen LogP contribution in [0.15, 0.2) is 51.4 Å². The van der Waals surface area contributed by atoms with Gasteiger partial charge in [0.1, 0.15) is 11.5 Å². The molecule has 0 aliphatic carbocycles. The van der Waals surface area contributed by atoms with Crippen molar-refractivity contribution in [2.45, 2.75) is 32.4 Å². The molecule has 124 valence electrons. The van der Waals surface area contributed by atoms with E-state index < -0.39 is 0 Å². The molecular weight excluding hydrogens is 324 g/mol. The van der Waals surface area contributed by atoms with Crippen LogP contribution in [0.5, 0.6) is 0 Å². The van der Waals surface area contributed by atoms with Gasteiger partial charge >= 0.3 is 0 Å². The van der Waals surface area contributed by atoms with E-state index in [1.165, 1.54) is 0 Å². The van der Waals surface area contributed by atoms with Gasteiger partial charge in [-0.15, -0.1) is 0 Å². The van der Waals surface area contributed by atoms with Crippen molar-refractivity contribution < 1.29 is 8.94 Å². The molecule has 0 radical (unpaired) electrons. The molecule has 0 bridgehead atoms. The quantitative estimate of drug-likeness (QED) is 0.650. The number of likely N-dealkylation sites (tertiary alicyclic amines) is 1. The number of nitrogens with zero attached hydrogens (tertiary/aromatic N) is 2. The summed E-state index contributed by atoms with van der Waals surface area (Å²) in [6.45, 7) is 3.75. The Bertz CT molecular complexity index is 839. The van der Waals surface area contributed by atoms with Crippen molar-refractivity contribution in [1.82, 2.24) is 10.1 Å². The first kappa shape index (κ1) is 15.5. The number of aromatic nitrogens is 1. The van der Waals surface area contributed by atoms with E-state index in [9.17, 15) is 0 Å². The summed E-state index contributed by atoms with van der Waals surface area (Å²) >= 11 is 6.25. The summed E-state index contributed by atoms with van der Waals surface area (Å²) in [5.41, 5.74) is 1.85. The fourth-order valence-corrected chi connectivity index (χ4v) is 3.58. The molecule has 4 nitrogen and oxygen atoms in total. The Hall–Kier alpha value is -2.04. The van der Waals surface area contributed by atoms with Crippen LogP contribution in [0.25, 0.3) is 11.3 Å². The predicted octanol–water partition coefficient (Wildman–Crippen LogP) is 5.23. The zero-order chi connectivity index (χ0) is 16.5. The molecule has 3 heterocycles. The summed E-state index contributed by atoms with van der Waals surface area (Å²) in [6.07, 6.45) is 2.25. The van der Waals surface area contributed by atoms with Crippen LogP contribution >= 0.6 is 11.6 Å². The number of halogens is 1. The van der Waals surface area contributed by atoms with Gasteiger partial charge in [-0.05, 0) is 50.6 Å². The zero-order valence-corrected chi connectivity index (χ0v) is 14.3. The first-order valence-electron chi connectivity index (χ1n) is 8.21. The smallest absolute Gasteiger partial charge is 0.154 e. The maximum absolute atomic E-state index is 6.25. The van der Waals surface area contributed by atoms with Crippen LogP contribution in [0.2, 0.25) is 5.02 Å². The SMILES string of the molecule is Cc1cc([C@@H]2CCCN2Cc2ccc(-c3ccccc3Cl)o2)on1. The van der Waals surface area contributed by atoms with Gasteiger partial charge in [-0.3, -0.25) is 4.90 Å². The Kier molecular flexibility index (Phi) is 4.17. The molecule has 4 rings (SSSR count). The molecule has 1 aliphatic rings. The lowest BCUT2D eigenvalue weighted by atomic mass is 10.1. The van der Waals surface area contributed by atoms with Gasteiger partial charge in [-0.1, -0.05) is 28.9 Å². The van der Waals surface area contributed by atoms with E-state index in [0.29, 0.717) is 5.02 Å². The van der Waals surface area contributed by atoms with Crippen LogP contribution in [0.4, 0.5) is 0 Å². The highest BCUT2D eigenvalue weighted by molar-refractivity contribution is 6.33. The fraction of sp³-hybridized carbons (Fsp3) is 0.316. The Morgan fingerprint density at radius 2 is 2.12 bits per heavy atom. The zero-order valence-electron chi connectivity index (χ0n) is 13.5. The Labute approximate surface area is 146 Å². The van der Waals surface area contributed by atoms with E-state index in [1.54, 1.807) is 0 Å². The minimum Gasteiger partial charge on any atom is -0.460 e. The molecule has 0 spiro atoms. The van der Waals surface area contributed by atoms with Crippen molar-refractivity contribution in [2.75, 3.05) is 6.54 Å².